The predicted molar refractivity (Wildman–Crippen MR) is 104 cm³/mol. The molecule has 0 saturated carbocycles. The van der Waals surface area contributed by atoms with E-state index in [9.17, 15) is 13.2 Å². The van der Waals surface area contributed by atoms with Crippen molar-refractivity contribution >= 4 is 21.6 Å². The number of nitrogens with zero attached hydrogens (tertiary/aromatic N) is 1. The van der Waals surface area contributed by atoms with Crippen LogP contribution in [0.5, 0.6) is 5.75 Å². The molecule has 2 aromatic rings. The number of nitrogens with one attached hydrogen (secondary N) is 1. The van der Waals surface area contributed by atoms with Crippen molar-refractivity contribution in [3.8, 4) is 5.75 Å². The molecule has 0 radical (unpaired) electrons. The van der Waals surface area contributed by atoms with Gasteiger partial charge in [-0.05, 0) is 68.7 Å². The average molecular weight is 388 g/mol. The molecule has 1 aliphatic heterocycles. The van der Waals surface area contributed by atoms with Gasteiger partial charge in [0.25, 0.3) is 5.91 Å². The minimum absolute atomic E-state index is 0.242. The molecule has 144 valence electrons. The van der Waals surface area contributed by atoms with Gasteiger partial charge in [0.2, 0.25) is 10.0 Å². The molecular weight excluding hydrogens is 364 g/mol. The van der Waals surface area contributed by atoms with Gasteiger partial charge in [-0.1, -0.05) is 12.1 Å². The first kappa shape index (κ1) is 19.4. The normalized spacial score (nSPS) is 16.1. The number of amides is 1. The van der Waals surface area contributed by atoms with E-state index in [0.29, 0.717) is 24.5 Å². The van der Waals surface area contributed by atoms with Crippen LogP contribution in [0.1, 0.15) is 25.3 Å². The number of carbonyl (C=O) groups is 1. The van der Waals surface area contributed by atoms with Gasteiger partial charge in [0.05, 0.1) is 4.90 Å². The third-order valence-electron chi connectivity index (χ3n) is 4.50. The highest BCUT2D eigenvalue weighted by molar-refractivity contribution is 7.89. The lowest BCUT2D eigenvalue weighted by atomic mass is 10.2. The predicted octanol–water partition coefficient (Wildman–Crippen LogP) is 3.19. The van der Waals surface area contributed by atoms with Gasteiger partial charge in [0.15, 0.2) is 6.10 Å². The van der Waals surface area contributed by atoms with Crippen molar-refractivity contribution in [2.24, 2.45) is 0 Å². The standard InChI is InChI=1S/C20H24N2O4S/c1-15-6-5-7-18(14-15)26-16(2)20(23)21-17-8-10-19(11-9-17)27(24,25)22-12-3-4-13-22/h5-11,14,16H,3-4,12-13H2,1-2H3,(H,21,23)/t16-/m1/s1. The highest BCUT2D eigenvalue weighted by Crippen LogP contribution is 2.22. The summed E-state index contributed by atoms with van der Waals surface area (Å²) >= 11 is 0. The van der Waals surface area contributed by atoms with Crippen LogP contribution in [0.15, 0.2) is 53.4 Å². The van der Waals surface area contributed by atoms with Gasteiger partial charge < -0.3 is 10.1 Å². The Morgan fingerprint density at radius 2 is 1.78 bits per heavy atom. The molecule has 2 aromatic carbocycles. The van der Waals surface area contributed by atoms with Crippen LogP contribution in [0, 0.1) is 6.92 Å². The van der Waals surface area contributed by atoms with Gasteiger partial charge in [-0.3, -0.25) is 4.79 Å². The molecule has 1 fully saturated rings. The second-order valence-corrected chi connectivity index (χ2v) is 8.64. The van der Waals surface area contributed by atoms with Crippen LogP contribution in [-0.4, -0.2) is 37.8 Å². The van der Waals surface area contributed by atoms with Crippen molar-refractivity contribution in [2.45, 2.75) is 37.7 Å². The summed E-state index contributed by atoms with van der Waals surface area (Å²) in [5, 5.41) is 2.75. The summed E-state index contributed by atoms with van der Waals surface area (Å²) in [5.41, 5.74) is 1.58. The van der Waals surface area contributed by atoms with E-state index >= 15 is 0 Å². The van der Waals surface area contributed by atoms with Crippen LogP contribution in [-0.2, 0) is 14.8 Å². The van der Waals surface area contributed by atoms with E-state index in [0.717, 1.165) is 18.4 Å². The van der Waals surface area contributed by atoms with Gasteiger partial charge in [0, 0.05) is 18.8 Å². The number of hydrogen-bond acceptors (Lipinski definition) is 4. The van der Waals surface area contributed by atoms with E-state index in [-0.39, 0.29) is 10.8 Å². The Morgan fingerprint density at radius 1 is 1.11 bits per heavy atom. The van der Waals surface area contributed by atoms with E-state index < -0.39 is 16.1 Å². The maximum absolute atomic E-state index is 12.5. The van der Waals surface area contributed by atoms with Gasteiger partial charge in [-0.25, -0.2) is 8.42 Å². The summed E-state index contributed by atoms with van der Waals surface area (Å²) in [6, 6.07) is 13.7. The van der Waals surface area contributed by atoms with Crippen molar-refractivity contribution in [1.29, 1.82) is 0 Å². The molecule has 1 N–H and O–H groups in total. The third kappa shape index (κ3) is 4.67. The second kappa shape index (κ2) is 8.10. The zero-order valence-corrected chi connectivity index (χ0v) is 16.3. The molecule has 7 heteroatoms. The zero-order valence-electron chi connectivity index (χ0n) is 15.5. The summed E-state index contributed by atoms with van der Waals surface area (Å²) in [6.07, 6.45) is 1.11. The SMILES string of the molecule is Cc1cccc(O[C@H](C)C(=O)Nc2ccc(S(=O)(=O)N3CCCC3)cc2)c1. The van der Waals surface area contributed by atoms with E-state index in [2.05, 4.69) is 5.32 Å². The Labute approximate surface area is 160 Å². The van der Waals surface area contributed by atoms with Crippen LogP contribution in [0.2, 0.25) is 0 Å². The first-order valence-corrected chi connectivity index (χ1v) is 10.4. The maximum Gasteiger partial charge on any atom is 0.265 e. The Hall–Kier alpha value is -2.38. The van der Waals surface area contributed by atoms with Crippen LogP contribution in [0.4, 0.5) is 5.69 Å². The number of benzene rings is 2. The Morgan fingerprint density at radius 3 is 2.41 bits per heavy atom. The number of sulfonamides is 1. The first-order valence-electron chi connectivity index (χ1n) is 9.01. The van der Waals surface area contributed by atoms with E-state index in [1.807, 2.05) is 25.1 Å². The fraction of sp³-hybridized carbons (Fsp3) is 0.350. The molecule has 27 heavy (non-hydrogen) atoms. The van der Waals surface area contributed by atoms with Crippen molar-refractivity contribution in [3.63, 3.8) is 0 Å². The zero-order chi connectivity index (χ0) is 19.4. The lowest BCUT2D eigenvalue weighted by Crippen LogP contribution is -2.30. The maximum atomic E-state index is 12.5. The summed E-state index contributed by atoms with van der Waals surface area (Å²) in [4.78, 5) is 12.6. The molecule has 0 aromatic heterocycles. The highest BCUT2D eigenvalue weighted by Gasteiger charge is 2.27. The number of hydrogen-bond donors (Lipinski definition) is 1. The molecule has 1 saturated heterocycles. The lowest BCUT2D eigenvalue weighted by Gasteiger charge is -2.17. The smallest absolute Gasteiger partial charge is 0.265 e. The van der Waals surface area contributed by atoms with Gasteiger partial charge >= 0.3 is 0 Å². The lowest BCUT2D eigenvalue weighted by molar-refractivity contribution is -0.122. The number of anilines is 1. The summed E-state index contributed by atoms with van der Waals surface area (Å²) in [6.45, 7) is 4.75. The summed E-state index contributed by atoms with van der Waals surface area (Å²) in [5.74, 6) is 0.330. The highest BCUT2D eigenvalue weighted by atomic mass is 32.2. The molecule has 1 atom stereocenters. The number of rotatable bonds is 6. The van der Waals surface area contributed by atoms with Crippen LogP contribution in [0.3, 0.4) is 0 Å². The quantitative estimate of drug-likeness (QED) is 0.825. The van der Waals surface area contributed by atoms with Crippen molar-refractivity contribution in [3.05, 3.63) is 54.1 Å². The van der Waals surface area contributed by atoms with Gasteiger partial charge in [0.1, 0.15) is 5.75 Å². The fourth-order valence-corrected chi connectivity index (χ4v) is 4.50. The van der Waals surface area contributed by atoms with E-state index in [1.54, 1.807) is 25.1 Å². The number of ether oxygens (including phenoxy) is 1. The van der Waals surface area contributed by atoms with E-state index in [1.165, 1.54) is 16.4 Å². The molecule has 1 amide bonds. The second-order valence-electron chi connectivity index (χ2n) is 6.70. The average Bonchev–Trinajstić information content (AvgIpc) is 3.17. The molecular formula is C20H24N2O4S. The molecule has 3 rings (SSSR count). The first-order chi connectivity index (χ1) is 12.9. The third-order valence-corrected chi connectivity index (χ3v) is 6.41. The van der Waals surface area contributed by atoms with Gasteiger partial charge in [-0.2, -0.15) is 4.31 Å². The van der Waals surface area contributed by atoms with Crippen LogP contribution >= 0.6 is 0 Å². The summed E-state index contributed by atoms with van der Waals surface area (Å²) < 4.78 is 32.2. The number of aryl methyl sites for hydroxylation is 1. The minimum Gasteiger partial charge on any atom is -0.481 e. The molecule has 1 aliphatic rings. The molecule has 0 unspecified atom stereocenters. The Kier molecular flexibility index (Phi) is 5.82. The number of carbonyl (C=O) groups excluding carboxylic acids is 1. The Balaban J connectivity index is 1.62. The van der Waals surface area contributed by atoms with Crippen molar-refractivity contribution < 1.29 is 17.9 Å². The topological polar surface area (TPSA) is 75.7 Å². The molecule has 0 bridgehead atoms. The molecule has 0 aliphatic carbocycles. The Bertz CT molecular complexity index is 904. The molecule has 1 heterocycles. The summed E-state index contributed by atoms with van der Waals surface area (Å²) in [7, 11) is -3.45. The molecule has 6 nitrogen and oxygen atoms in total. The van der Waals surface area contributed by atoms with Crippen LogP contribution in [0.25, 0.3) is 0 Å². The molecule has 0 spiro atoms. The largest absolute Gasteiger partial charge is 0.481 e. The minimum atomic E-state index is -3.45. The van der Waals surface area contributed by atoms with E-state index in [4.69, 9.17) is 4.74 Å². The van der Waals surface area contributed by atoms with Crippen molar-refractivity contribution in [1.82, 2.24) is 4.31 Å². The van der Waals surface area contributed by atoms with Crippen LogP contribution < -0.4 is 10.1 Å². The monoisotopic (exact) mass is 388 g/mol. The van der Waals surface area contributed by atoms with Crippen molar-refractivity contribution in [2.75, 3.05) is 18.4 Å². The fourth-order valence-electron chi connectivity index (χ4n) is 2.98. The van der Waals surface area contributed by atoms with Gasteiger partial charge in [-0.15, -0.1) is 0 Å².